The summed E-state index contributed by atoms with van der Waals surface area (Å²) in [5.41, 5.74) is 3.69. The number of rotatable bonds is 4. The Labute approximate surface area is 180 Å². The second kappa shape index (κ2) is 7.73. The Morgan fingerprint density at radius 2 is 1.90 bits per heavy atom. The molecule has 1 N–H and O–H groups in total. The van der Waals surface area contributed by atoms with E-state index >= 15 is 0 Å². The first kappa shape index (κ1) is 19.8. The van der Waals surface area contributed by atoms with Gasteiger partial charge in [0.15, 0.2) is 4.32 Å². The fourth-order valence-electron chi connectivity index (χ4n) is 3.13. The fourth-order valence-corrected chi connectivity index (χ4v) is 4.30. The van der Waals surface area contributed by atoms with E-state index in [9.17, 15) is 19.7 Å². The van der Waals surface area contributed by atoms with E-state index in [1.807, 2.05) is 41.9 Å². The Kier molecular flexibility index (Phi) is 5.10. The average molecular weight is 438 g/mol. The number of nitrogens with zero attached hydrogens (tertiary/aromatic N) is 3. The summed E-state index contributed by atoms with van der Waals surface area (Å²) in [4.78, 5) is 36.2. The summed E-state index contributed by atoms with van der Waals surface area (Å²) in [5.74, 6) is -1.29. The zero-order valence-electron chi connectivity index (χ0n) is 15.6. The summed E-state index contributed by atoms with van der Waals surface area (Å²) in [6.45, 7) is 0. The zero-order chi connectivity index (χ0) is 21.4. The molecule has 2 amide bonds. The summed E-state index contributed by atoms with van der Waals surface area (Å²) in [7, 11) is 1.89. The smallest absolute Gasteiger partial charge is 0.285 e. The first-order valence-electron chi connectivity index (χ1n) is 8.73. The number of aryl methyl sites for hydroxylation is 1. The van der Waals surface area contributed by atoms with Crippen LogP contribution in [0.2, 0.25) is 0 Å². The molecule has 1 saturated heterocycles. The topological polar surface area (TPSA) is 97.5 Å². The Bertz CT molecular complexity index is 1260. The van der Waals surface area contributed by atoms with E-state index in [1.54, 1.807) is 6.08 Å². The van der Waals surface area contributed by atoms with Crippen molar-refractivity contribution >= 4 is 62.8 Å². The fraction of sp³-hybridized carbons (Fsp3) is 0.0500. The molecule has 0 saturated carbocycles. The SMILES string of the molecule is Cn1c(/C=C2/SC(=S)N(NC(=O)c3ccccc3[N+](=O)[O-])C2=O)cc2ccccc21. The van der Waals surface area contributed by atoms with E-state index in [-0.39, 0.29) is 15.6 Å². The molecule has 150 valence electrons. The Balaban J connectivity index is 1.60. The quantitative estimate of drug-likeness (QED) is 0.289. The predicted octanol–water partition coefficient (Wildman–Crippen LogP) is 3.63. The van der Waals surface area contributed by atoms with Crippen molar-refractivity contribution in [3.63, 3.8) is 0 Å². The molecule has 2 aromatic carbocycles. The Morgan fingerprint density at radius 1 is 1.20 bits per heavy atom. The Morgan fingerprint density at radius 3 is 2.63 bits per heavy atom. The van der Waals surface area contributed by atoms with Crippen LogP contribution in [0.4, 0.5) is 5.69 Å². The van der Waals surface area contributed by atoms with Gasteiger partial charge < -0.3 is 4.57 Å². The monoisotopic (exact) mass is 438 g/mol. The lowest BCUT2D eigenvalue weighted by Crippen LogP contribution is -2.45. The molecule has 1 aliphatic heterocycles. The maximum Gasteiger partial charge on any atom is 0.285 e. The molecule has 8 nitrogen and oxygen atoms in total. The minimum Gasteiger partial charge on any atom is -0.344 e. The van der Waals surface area contributed by atoms with Crippen molar-refractivity contribution in [1.82, 2.24) is 15.0 Å². The molecule has 0 spiro atoms. The molecule has 0 bridgehead atoms. The second-order valence-corrected chi connectivity index (χ2v) is 8.10. The molecule has 3 aromatic rings. The summed E-state index contributed by atoms with van der Waals surface area (Å²) >= 11 is 6.28. The van der Waals surface area contributed by atoms with Crippen molar-refractivity contribution < 1.29 is 14.5 Å². The number of hydrogen-bond acceptors (Lipinski definition) is 6. The summed E-state index contributed by atoms with van der Waals surface area (Å²) in [6.07, 6.45) is 1.70. The maximum absolute atomic E-state index is 12.8. The lowest BCUT2D eigenvalue weighted by Gasteiger charge is -2.15. The van der Waals surface area contributed by atoms with Gasteiger partial charge in [-0.3, -0.25) is 25.1 Å². The third-order valence-electron chi connectivity index (χ3n) is 4.62. The van der Waals surface area contributed by atoms with Crippen LogP contribution in [0.1, 0.15) is 16.1 Å². The molecule has 30 heavy (non-hydrogen) atoms. The normalized spacial score (nSPS) is 15.2. The van der Waals surface area contributed by atoms with Crippen molar-refractivity contribution in [1.29, 1.82) is 0 Å². The molecule has 0 unspecified atom stereocenters. The van der Waals surface area contributed by atoms with Crippen LogP contribution in [-0.4, -0.2) is 30.6 Å². The maximum atomic E-state index is 12.8. The summed E-state index contributed by atoms with van der Waals surface area (Å²) in [5, 5.41) is 13.1. The van der Waals surface area contributed by atoms with E-state index in [4.69, 9.17) is 12.2 Å². The van der Waals surface area contributed by atoms with Crippen LogP contribution in [0.15, 0.2) is 59.5 Å². The average Bonchev–Trinajstić information content (AvgIpc) is 3.19. The first-order chi connectivity index (χ1) is 14.4. The molecule has 4 rings (SSSR count). The van der Waals surface area contributed by atoms with Gasteiger partial charge in [-0.05, 0) is 36.5 Å². The second-order valence-electron chi connectivity index (χ2n) is 6.42. The number of nitrogens with one attached hydrogen (secondary N) is 1. The molecular formula is C20H14N4O4S2. The lowest BCUT2D eigenvalue weighted by atomic mass is 10.2. The van der Waals surface area contributed by atoms with E-state index in [1.165, 1.54) is 24.3 Å². The van der Waals surface area contributed by atoms with Crippen molar-refractivity contribution in [3.05, 3.63) is 80.9 Å². The molecule has 0 aliphatic carbocycles. The van der Waals surface area contributed by atoms with Crippen LogP contribution in [0, 0.1) is 10.1 Å². The highest BCUT2D eigenvalue weighted by Crippen LogP contribution is 2.32. The number of fused-ring (bicyclic) bond motifs is 1. The van der Waals surface area contributed by atoms with Crippen LogP contribution in [-0.2, 0) is 11.8 Å². The van der Waals surface area contributed by atoms with E-state index < -0.39 is 16.7 Å². The van der Waals surface area contributed by atoms with Crippen molar-refractivity contribution in [2.75, 3.05) is 0 Å². The predicted molar refractivity (Wildman–Crippen MR) is 118 cm³/mol. The highest BCUT2D eigenvalue weighted by molar-refractivity contribution is 8.26. The van der Waals surface area contributed by atoms with Gasteiger partial charge in [0.05, 0.1) is 9.83 Å². The zero-order valence-corrected chi connectivity index (χ0v) is 17.2. The number of thiocarbonyl (C=S) groups is 1. The van der Waals surface area contributed by atoms with Crippen LogP contribution in [0.5, 0.6) is 0 Å². The number of hydrazine groups is 1. The Hall–Kier alpha value is -3.50. The summed E-state index contributed by atoms with van der Waals surface area (Å²) < 4.78 is 2.09. The molecule has 0 radical (unpaired) electrons. The van der Waals surface area contributed by atoms with Gasteiger partial charge in [-0.15, -0.1) is 0 Å². The van der Waals surface area contributed by atoms with E-state index in [0.29, 0.717) is 4.91 Å². The number of nitro benzene ring substituents is 1. The first-order valence-corrected chi connectivity index (χ1v) is 9.96. The molecule has 1 aliphatic rings. The molecular weight excluding hydrogens is 424 g/mol. The number of amides is 2. The van der Waals surface area contributed by atoms with Crippen LogP contribution >= 0.6 is 24.0 Å². The standard InChI is InChI=1S/C20H14N4O4S2/c1-22-13(10-12-6-2-4-8-15(12)22)11-17-19(26)23(20(29)30-17)21-18(25)14-7-3-5-9-16(14)24(27)28/h2-11H,1H3,(H,21,25)/b17-11+. The highest BCUT2D eigenvalue weighted by atomic mass is 32.2. The number of carbonyl (C=O) groups excluding carboxylic acids is 2. The number of aromatic nitrogens is 1. The third kappa shape index (κ3) is 3.46. The minimum absolute atomic E-state index is 0.136. The van der Waals surface area contributed by atoms with Gasteiger partial charge in [0.1, 0.15) is 5.56 Å². The number of para-hydroxylation sites is 2. The van der Waals surface area contributed by atoms with Crippen molar-refractivity contribution in [2.24, 2.45) is 7.05 Å². The lowest BCUT2D eigenvalue weighted by molar-refractivity contribution is -0.385. The highest BCUT2D eigenvalue weighted by Gasteiger charge is 2.35. The molecule has 10 heteroatoms. The molecule has 0 atom stereocenters. The number of thioether (sulfide) groups is 1. The number of hydrogen-bond donors (Lipinski definition) is 1. The third-order valence-corrected chi connectivity index (χ3v) is 5.92. The van der Waals surface area contributed by atoms with E-state index in [2.05, 4.69) is 5.43 Å². The molecule has 1 fully saturated rings. The van der Waals surface area contributed by atoms with Gasteiger partial charge in [0.25, 0.3) is 17.5 Å². The van der Waals surface area contributed by atoms with Gasteiger partial charge in [-0.2, -0.15) is 5.01 Å². The van der Waals surface area contributed by atoms with Gasteiger partial charge >= 0.3 is 0 Å². The van der Waals surface area contributed by atoms with Gasteiger partial charge in [0.2, 0.25) is 0 Å². The van der Waals surface area contributed by atoms with E-state index in [0.717, 1.165) is 33.4 Å². The largest absolute Gasteiger partial charge is 0.344 e. The van der Waals surface area contributed by atoms with Crippen molar-refractivity contribution in [3.8, 4) is 0 Å². The van der Waals surface area contributed by atoms with Crippen LogP contribution in [0.25, 0.3) is 17.0 Å². The van der Waals surface area contributed by atoms with Crippen LogP contribution < -0.4 is 5.43 Å². The molecule has 2 heterocycles. The van der Waals surface area contributed by atoms with Gasteiger partial charge in [0, 0.05) is 29.7 Å². The van der Waals surface area contributed by atoms with Crippen molar-refractivity contribution in [2.45, 2.75) is 0 Å². The number of nitro groups is 1. The minimum atomic E-state index is -0.788. The van der Waals surface area contributed by atoms with Gasteiger partial charge in [-0.25, -0.2) is 0 Å². The van der Waals surface area contributed by atoms with Gasteiger partial charge in [-0.1, -0.05) is 42.1 Å². The molecule has 1 aromatic heterocycles. The van der Waals surface area contributed by atoms with Crippen LogP contribution in [0.3, 0.4) is 0 Å². The number of benzene rings is 2. The summed E-state index contributed by atoms with van der Waals surface area (Å²) in [6, 6.07) is 15.3. The number of carbonyl (C=O) groups is 2.